The van der Waals surface area contributed by atoms with Crippen molar-refractivity contribution in [2.75, 3.05) is 19.7 Å². The van der Waals surface area contributed by atoms with Crippen LogP contribution in [0.1, 0.15) is 45.6 Å². The summed E-state index contributed by atoms with van der Waals surface area (Å²) in [6.07, 6.45) is 4.69. The van der Waals surface area contributed by atoms with E-state index in [1.807, 2.05) is 44.0 Å². The number of aromatic nitrogens is 1. The average Bonchev–Trinajstić information content (AvgIpc) is 2.52. The second-order valence-electron chi connectivity index (χ2n) is 7.24. The van der Waals surface area contributed by atoms with Crippen LogP contribution in [0.4, 0.5) is 4.79 Å². The van der Waals surface area contributed by atoms with Gasteiger partial charge in [0.2, 0.25) is 0 Å². The van der Waals surface area contributed by atoms with Crippen LogP contribution in [0.5, 0.6) is 0 Å². The van der Waals surface area contributed by atoms with Gasteiger partial charge in [0.25, 0.3) is 0 Å². The molecule has 0 radical (unpaired) electrons. The minimum Gasteiger partial charge on any atom is -0.444 e. The van der Waals surface area contributed by atoms with E-state index in [1.54, 1.807) is 0 Å². The Hall–Kier alpha value is -1.14. The molecule has 134 valence electrons. The lowest BCUT2D eigenvalue weighted by Gasteiger charge is -2.33. The number of ether oxygens (including phenoxy) is 2. The Labute approximate surface area is 152 Å². The molecule has 1 aromatic heterocycles. The summed E-state index contributed by atoms with van der Waals surface area (Å²) in [5.41, 5.74) is 0.655. The second kappa shape index (κ2) is 8.81. The molecule has 0 aromatic carbocycles. The second-order valence-corrected chi connectivity index (χ2v) is 8.05. The van der Waals surface area contributed by atoms with Crippen molar-refractivity contribution in [2.45, 2.75) is 52.2 Å². The fourth-order valence-corrected chi connectivity index (χ4v) is 2.90. The van der Waals surface area contributed by atoms with Gasteiger partial charge in [-0.15, -0.1) is 0 Å². The van der Waals surface area contributed by atoms with Crippen molar-refractivity contribution >= 4 is 22.0 Å². The number of halogens is 1. The van der Waals surface area contributed by atoms with Gasteiger partial charge in [-0.2, -0.15) is 0 Å². The van der Waals surface area contributed by atoms with Gasteiger partial charge in [-0.25, -0.2) is 9.78 Å². The van der Waals surface area contributed by atoms with Gasteiger partial charge >= 0.3 is 6.09 Å². The van der Waals surface area contributed by atoms with Crippen LogP contribution in [-0.4, -0.2) is 41.3 Å². The number of hydrogen-bond acceptors (Lipinski definition) is 4. The Morgan fingerprint density at radius 2 is 2.04 bits per heavy atom. The zero-order chi connectivity index (χ0) is 17.6. The van der Waals surface area contributed by atoms with Crippen molar-refractivity contribution in [3.63, 3.8) is 0 Å². The van der Waals surface area contributed by atoms with E-state index < -0.39 is 5.60 Å². The lowest BCUT2D eigenvalue weighted by atomic mass is 9.94. The quantitative estimate of drug-likeness (QED) is 0.544. The first-order chi connectivity index (χ1) is 11.3. The van der Waals surface area contributed by atoms with Crippen molar-refractivity contribution in [1.29, 1.82) is 0 Å². The summed E-state index contributed by atoms with van der Waals surface area (Å²) >= 11 is 3.32. The molecule has 1 aliphatic rings. The van der Waals surface area contributed by atoms with Crippen LogP contribution in [-0.2, 0) is 16.1 Å². The number of carbonyl (C=O) groups is 1. The number of carbonyl (C=O) groups excluding carboxylic acids is 1. The third-order valence-electron chi connectivity index (χ3n) is 3.99. The maximum absolute atomic E-state index is 12.0. The highest BCUT2D eigenvalue weighted by molar-refractivity contribution is 9.10. The summed E-state index contributed by atoms with van der Waals surface area (Å²) in [5.74, 6) is 0.617. The summed E-state index contributed by atoms with van der Waals surface area (Å²) in [6, 6.07) is 3.93. The molecule has 1 saturated heterocycles. The minimum atomic E-state index is -0.427. The largest absolute Gasteiger partial charge is 0.444 e. The Bertz CT molecular complexity index is 520. The summed E-state index contributed by atoms with van der Waals surface area (Å²) in [5, 5.41) is 0. The first-order valence-corrected chi connectivity index (χ1v) is 9.29. The first kappa shape index (κ1) is 19.2. The van der Waals surface area contributed by atoms with Gasteiger partial charge in [-0.3, -0.25) is 0 Å². The van der Waals surface area contributed by atoms with E-state index >= 15 is 0 Å². The molecule has 24 heavy (non-hydrogen) atoms. The number of piperidine rings is 1. The zero-order valence-electron chi connectivity index (χ0n) is 14.8. The molecule has 0 N–H and O–H groups in total. The fourth-order valence-electron chi connectivity index (χ4n) is 2.66. The van der Waals surface area contributed by atoms with Crippen LogP contribution in [0.15, 0.2) is 22.9 Å². The Balaban J connectivity index is 1.61. The molecule has 0 aliphatic carbocycles. The van der Waals surface area contributed by atoms with E-state index in [1.165, 1.54) is 0 Å². The number of rotatable bonds is 5. The molecule has 2 heterocycles. The maximum Gasteiger partial charge on any atom is 0.410 e. The van der Waals surface area contributed by atoms with E-state index in [0.29, 0.717) is 12.5 Å². The van der Waals surface area contributed by atoms with Crippen LogP contribution in [0, 0.1) is 5.92 Å². The van der Waals surface area contributed by atoms with Gasteiger partial charge < -0.3 is 14.4 Å². The topological polar surface area (TPSA) is 51.7 Å². The monoisotopic (exact) mass is 398 g/mol. The van der Waals surface area contributed by atoms with E-state index in [9.17, 15) is 4.79 Å². The fraction of sp³-hybridized carbons (Fsp3) is 0.667. The molecular formula is C18H27BrN2O3. The highest BCUT2D eigenvalue weighted by Crippen LogP contribution is 2.22. The molecule has 1 aliphatic heterocycles. The molecule has 6 heteroatoms. The molecule has 1 aromatic rings. The van der Waals surface area contributed by atoms with Crippen LogP contribution < -0.4 is 0 Å². The molecular weight excluding hydrogens is 372 g/mol. The van der Waals surface area contributed by atoms with Gasteiger partial charge in [-0.1, -0.05) is 6.07 Å². The third-order valence-corrected chi connectivity index (χ3v) is 4.46. The van der Waals surface area contributed by atoms with Crippen molar-refractivity contribution in [1.82, 2.24) is 9.88 Å². The summed E-state index contributed by atoms with van der Waals surface area (Å²) in [4.78, 5) is 18.0. The van der Waals surface area contributed by atoms with Gasteiger partial charge in [0, 0.05) is 25.9 Å². The Kier molecular flexibility index (Phi) is 7.04. The van der Waals surface area contributed by atoms with E-state index in [4.69, 9.17) is 9.47 Å². The normalized spacial score (nSPS) is 16.2. The zero-order valence-corrected chi connectivity index (χ0v) is 16.3. The molecule has 1 fully saturated rings. The molecule has 0 bridgehead atoms. The number of amides is 1. The van der Waals surface area contributed by atoms with Gasteiger partial charge in [0.15, 0.2) is 0 Å². The molecule has 2 rings (SSSR count). The van der Waals surface area contributed by atoms with Gasteiger partial charge in [-0.05, 0) is 73.5 Å². The summed E-state index contributed by atoms with van der Waals surface area (Å²) in [7, 11) is 0. The lowest BCUT2D eigenvalue weighted by molar-refractivity contribution is 0.0164. The smallest absolute Gasteiger partial charge is 0.410 e. The van der Waals surface area contributed by atoms with E-state index in [2.05, 4.69) is 20.9 Å². The maximum atomic E-state index is 12.0. The lowest BCUT2D eigenvalue weighted by Crippen LogP contribution is -2.41. The van der Waals surface area contributed by atoms with Crippen LogP contribution in [0.3, 0.4) is 0 Å². The molecule has 5 nitrogen and oxygen atoms in total. The molecule has 0 saturated carbocycles. The first-order valence-electron chi connectivity index (χ1n) is 8.49. The molecule has 0 atom stereocenters. The molecule has 1 amide bonds. The highest BCUT2D eigenvalue weighted by atomic mass is 79.9. The number of hydrogen-bond donors (Lipinski definition) is 0. The number of likely N-dealkylation sites (tertiary alicyclic amines) is 1. The Morgan fingerprint density at radius 3 is 2.62 bits per heavy atom. The van der Waals surface area contributed by atoms with Crippen LogP contribution in [0.2, 0.25) is 0 Å². The van der Waals surface area contributed by atoms with Gasteiger partial charge in [0.05, 0.1) is 6.61 Å². The number of nitrogens with zero attached hydrogens (tertiary/aromatic N) is 2. The van der Waals surface area contributed by atoms with Gasteiger partial charge in [0.1, 0.15) is 10.2 Å². The van der Waals surface area contributed by atoms with Crippen LogP contribution >= 0.6 is 15.9 Å². The average molecular weight is 399 g/mol. The summed E-state index contributed by atoms with van der Waals surface area (Å²) in [6.45, 7) is 8.58. The van der Waals surface area contributed by atoms with Crippen molar-refractivity contribution in [3.05, 3.63) is 28.5 Å². The van der Waals surface area contributed by atoms with Crippen LogP contribution in [0.25, 0.3) is 0 Å². The predicted molar refractivity (Wildman–Crippen MR) is 96.7 cm³/mol. The van der Waals surface area contributed by atoms with E-state index in [0.717, 1.165) is 49.1 Å². The number of pyridine rings is 1. The molecule has 0 spiro atoms. The van der Waals surface area contributed by atoms with E-state index in [-0.39, 0.29) is 6.09 Å². The predicted octanol–water partition coefficient (Wildman–Crippen LogP) is 4.40. The van der Waals surface area contributed by atoms with Crippen molar-refractivity contribution in [2.24, 2.45) is 5.92 Å². The molecule has 0 unspecified atom stereocenters. The SMILES string of the molecule is CC(C)(C)OC(=O)N1CCC(CCOCc2ccc(Br)nc2)CC1. The Morgan fingerprint density at radius 1 is 1.33 bits per heavy atom. The van der Waals surface area contributed by atoms with Crippen molar-refractivity contribution in [3.8, 4) is 0 Å². The third kappa shape index (κ3) is 6.77. The highest BCUT2D eigenvalue weighted by Gasteiger charge is 2.26. The van der Waals surface area contributed by atoms with Crippen molar-refractivity contribution < 1.29 is 14.3 Å². The minimum absolute atomic E-state index is 0.195. The summed E-state index contributed by atoms with van der Waals surface area (Å²) < 4.78 is 12.0. The standard InChI is InChI=1S/C18H27BrN2O3/c1-18(2,3)24-17(22)21-9-6-14(7-10-21)8-11-23-13-15-4-5-16(19)20-12-15/h4-5,12,14H,6-11,13H2,1-3H3.